The predicted octanol–water partition coefficient (Wildman–Crippen LogP) is 4.82. The number of nitrogens with zero attached hydrogens (tertiary/aromatic N) is 2. The first-order valence-corrected chi connectivity index (χ1v) is 7.84. The van der Waals surface area contributed by atoms with Crippen LogP contribution in [0.5, 0.6) is 5.75 Å². The zero-order chi connectivity index (χ0) is 15.0. The van der Waals surface area contributed by atoms with Gasteiger partial charge in [0.1, 0.15) is 11.4 Å². The molecule has 0 aliphatic carbocycles. The van der Waals surface area contributed by atoms with Crippen molar-refractivity contribution in [2.45, 2.75) is 12.8 Å². The lowest BCUT2D eigenvalue weighted by atomic mass is 10.1. The summed E-state index contributed by atoms with van der Waals surface area (Å²) in [6, 6.07) is 9.91. The maximum atomic E-state index is 6.16. The molecule has 3 nitrogen and oxygen atoms in total. The molecule has 0 bridgehead atoms. The van der Waals surface area contributed by atoms with Crippen LogP contribution in [-0.4, -0.2) is 16.5 Å². The highest BCUT2D eigenvalue weighted by atomic mass is 79.9. The standard InChI is InChI=1S/C16H14BrClN2O/c1-10-6-15-19-16(11-4-3-5-12(7-11)21-2)14(8-18)20(15)9-13(10)17/h3-7,9H,8H2,1-2H3. The van der Waals surface area contributed by atoms with Crippen LogP contribution in [0, 0.1) is 6.92 Å². The Morgan fingerprint density at radius 2 is 2.14 bits per heavy atom. The molecule has 3 aromatic rings. The minimum absolute atomic E-state index is 0.392. The van der Waals surface area contributed by atoms with E-state index in [1.807, 2.05) is 47.9 Å². The van der Waals surface area contributed by atoms with Crippen molar-refractivity contribution >= 4 is 33.2 Å². The van der Waals surface area contributed by atoms with Crippen LogP contribution < -0.4 is 4.74 Å². The third kappa shape index (κ3) is 2.54. The molecule has 0 saturated carbocycles. The van der Waals surface area contributed by atoms with Crippen LogP contribution in [0.2, 0.25) is 0 Å². The molecule has 5 heteroatoms. The van der Waals surface area contributed by atoms with E-state index in [1.54, 1.807) is 7.11 Å². The number of hydrogen-bond acceptors (Lipinski definition) is 2. The largest absolute Gasteiger partial charge is 0.497 e. The topological polar surface area (TPSA) is 26.5 Å². The van der Waals surface area contributed by atoms with E-state index in [4.69, 9.17) is 21.3 Å². The number of imidazole rings is 1. The minimum atomic E-state index is 0.392. The first-order chi connectivity index (χ1) is 10.1. The lowest BCUT2D eigenvalue weighted by Gasteiger charge is -2.05. The highest BCUT2D eigenvalue weighted by Gasteiger charge is 2.14. The smallest absolute Gasteiger partial charge is 0.138 e. The van der Waals surface area contributed by atoms with Gasteiger partial charge in [-0.25, -0.2) is 4.98 Å². The molecule has 0 aliphatic heterocycles. The average Bonchev–Trinajstić information content (AvgIpc) is 2.85. The van der Waals surface area contributed by atoms with E-state index >= 15 is 0 Å². The fourth-order valence-electron chi connectivity index (χ4n) is 2.34. The number of aryl methyl sites for hydroxylation is 1. The lowest BCUT2D eigenvalue weighted by Crippen LogP contribution is -1.93. The van der Waals surface area contributed by atoms with Crippen molar-refractivity contribution in [1.82, 2.24) is 9.38 Å². The molecule has 0 N–H and O–H groups in total. The maximum absolute atomic E-state index is 6.16. The molecular weight excluding hydrogens is 352 g/mol. The van der Waals surface area contributed by atoms with E-state index in [0.29, 0.717) is 5.88 Å². The van der Waals surface area contributed by atoms with Gasteiger partial charge in [-0.15, -0.1) is 11.6 Å². The number of alkyl halides is 1. The molecule has 0 atom stereocenters. The molecule has 2 aromatic heterocycles. The summed E-state index contributed by atoms with van der Waals surface area (Å²) in [5.74, 6) is 1.20. The van der Waals surface area contributed by atoms with Crippen LogP contribution in [0.1, 0.15) is 11.3 Å². The number of pyridine rings is 1. The fourth-order valence-corrected chi connectivity index (χ4v) is 2.91. The molecule has 3 rings (SSSR count). The summed E-state index contributed by atoms with van der Waals surface area (Å²) in [6.07, 6.45) is 2.01. The summed E-state index contributed by atoms with van der Waals surface area (Å²) < 4.78 is 8.35. The molecule has 1 aromatic carbocycles. The molecule has 0 unspecified atom stereocenters. The predicted molar refractivity (Wildman–Crippen MR) is 89.2 cm³/mol. The van der Waals surface area contributed by atoms with Crippen molar-refractivity contribution in [3.8, 4) is 17.0 Å². The Hall–Kier alpha value is -1.52. The monoisotopic (exact) mass is 364 g/mol. The summed E-state index contributed by atoms with van der Waals surface area (Å²) in [5, 5.41) is 0. The number of halogens is 2. The first kappa shape index (κ1) is 14.4. The van der Waals surface area contributed by atoms with E-state index in [2.05, 4.69) is 15.9 Å². The van der Waals surface area contributed by atoms with Crippen LogP contribution in [0.25, 0.3) is 16.9 Å². The Morgan fingerprint density at radius 1 is 1.33 bits per heavy atom. The summed E-state index contributed by atoms with van der Waals surface area (Å²) >= 11 is 9.72. The van der Waals surface area contributed by atoms with Crippen LogP contribution >= 0.6 is 27.5 Å². The van der Waals surface area contributed by atoms with Gasteiger partial charge in [-0.2, -0.15) is 0 Å². The Labute approximate surface area is 136 Å². The van der Waals surface area contributed by atoms with E-state index in [9.17, 15) is 0 Å². The van der Waals surface area contributed by atoms with Crippen molar-refractivity contribution in [2.24, 2.45) is 0 Å². The molecule has 0 spiro atoms. The quantitative estimate of drug-likeness (QED) is 0.622. The van der Waals surface area contributed by atoms with Gasteiger partial charge < -0.3 is 9.14 Å². The van der Waals surface area contributed by atoms with E-state index < -0.39 is 0 Å². The summed E-state index contributed by atoms with van der Waals surface area (Å²) in [4.78, 5) is 4.73. The molecule has 2 heterocycles. The van der Waals surface area contributed by atoms with Crippen LogP contribution in [0.4, 0.5) is 0 Å². The average molecular weight is 366 g/mol. The number of hydrogen-bond donors (Lipinski definition) is 0. The SMILES string of the molecule is COc1cccc(-c2nc3cc(C)c(Br)cn3c2CCl)c1. The van der Waals surface area contributed by atoms with Gasteiger partial charge in [0.2, 0.25) is 0 Å². The molecule has 0 amide bonds. The van der Waals surface area contributed by atoms with E-state index in [-0.39, 0.29) is 0 Å². The zero-order valence-corrected chi connectivity index (χ0v) is 14.1. The van der Waals surface area contributed by atoms with Gasteiger partial charge in [-0.1, -0.05) is 12.1 Å². The third-order valence-electron chi connectivity index (χ3n) is 3.47. The third-order valence-corrected chi connectivity index (χ3v) is 4.56. The van der Waals surface area contributed by atoms with Crippen molar-refractivity contribution in [1.29, 1.82) is 0 Å². The summed E-state index contributed by atoms with van der Waals surface area (Å²) in [5.41, 5.74) is 4.90. The number of benzene rings is 1. The zero-order valence-electron chi connectivity index (χ0n) is 11.7. The summed E-state index contributed by atoms with van der Waals surface area (Å²) in [7, 11) is 1.66. The maximum Gasteiger partial charge on any atom is 0.138 e. The Bertz CT molecular complexity index is 813. The minimum Gasteiger partial charge on any atom is -0.497 e. The van der Waals surface area contributed by atoms with Gasteiger partial charge >= 0.3 is 0 Å². The molecule has 21 heavy (non-hydrogen) atoms. The van der Waals surface area contributed by atoms with Gasteiger partial charge in [0.15, 0.2) is 0 Å². The van der Waals surface area contributed by atoms with Crippen LogP contribution in [0.3, 0.4) is 0 Å². The first-order valence-electron chi connectivity index (χ1n) is 6.51. The van der Waals surface area contributed by atoms with Crippen molar-refractivity contribution in [3.63, 3.8) is 0 Å². The second kappa shape index (κ2) is 5.70. The van der Waals surface area contributed by atoms with Gasteiger partial charge in [-0.05, 0) is 46.6 Å². The van der Waals surface area contributed by atoms with Crippen molar-refractivity contribution in [3.05, 3.63) is 52.3 Å². The molecule has 0 aliphatic rings. The van der Waals surface area contributed by atoms with E-state index in [0.717, 1.165) is 38.4 Å². The lowest BCUT2D eigenvalue weighted by molar-refractivity contribution is 0.415. The van der Waals surface area contributed by atoms with Crippen molar-refractivity contribution < 1.29 is 4.74 Å². The highest BCUT2D eigenvalue weighted by molar-refractivity contribution is 9.10. The van der Waals surface area contributed by atoms with E-state index in [1.165, 1.54) is 0 Å². The number of aromatic nitrogens is 2. The van der Waals surface area contributed by atoms with Crippen LogP contribution in [0.15, 0.2) is 41.0 Å². The van der Waals surface area contributed by atoms with Gasteiger partial charge in [0.05, 0.1) is 24.4 Å². The van der Waals surface area contributed by atoms with Gasteiger partial charge in [0.25, 0.3) is 0 Å². The molecule has 0 saturated heterocycles. The van der Waals surface area contributed by atoms with Gasteiger partial charge in [0, 0.05) is 16.2 Å². The Morgan fingerprint density at radius 3 is 2.86 bits per heavy atom. The normalized spacial score (nSPS) is 11.0. The fraction of sp³-hybridized carbons (Fsp3) is 0.188. The van der Waals surface area contributed by atoms with Gasteiger partial charge in [-0.3, -0.25) is 0 Å². The van der Waals surface area contributed by atoms with Crippen LogP contribution in [-0.2, 0) is 5.88 Å². The summed E-state index contributed by atoms with van der Waals surface area (Å²) in [6.45, 7) is 2.05. The molecule has 0 fully saturated rings. The highest BCUT2D eigenvalue weighted by Crippen LogP contribution is 2.30. The second-order valence-electron chi connectivity index (χ2n) is 4.81. The Kier molecular flexibility index (Phi) is 3.91. The number of rotatable bonds is 3. The molecule has 0 radical (unpaired) electrons. The molecular formula is C16H14BrClN2O. The Balaban J connectivity index is 2.26. The second-order valence-corrected chi connectivity index (χ2v) is 5.93. The van der Waals surface area contributed by atoms with Crippen molar-refractivity contribution in [2.75, 3.05) is 7.11 Å². The number of ether oxygens (including phenoxy) is 1. The number of fused-ring (bicyclic) bond motifs is 1. The number of methoxy groups -OCH3 is 1. The molecule has 108 valence electrons.